The molecular weight excluding hydrogens is 484 g/mol. The van der Waals surface area contributed by atoms with Gasteiger partial charge in [0.05, 0.1) is 51.1 Å². The molecule has 1 fully saturated rings. The van der Waals surface area contributed by atoms with Crippen molar-refractivity contribution in [1.82, 2.24) is 0 Å². The van der Waals surface area contributed by atoms with Gasteiger partial charge in [0.1, 0.15) is 23.0 Å². The van der Waals surface area contributed by atoms with Crippen molar-refractivity contribution in [1.29, 1.82) is 0 Å². The van der Waals surface area contributed by atoms with E-state index in [2.05, 4.69) is 5.32 Å². The topological polar surface area (TPSA) is 86.3 Å². The standard InChI is InChI=1S/C27H27ClN2O6/c1-33-18-9-5-16(6-10-18)26-20(13-25(31)30(26)17-7-11-19(34-2)12-8-17)27(32)29-22-14-21(28)23(35-3)15-24(22)36-4/h5-12,14-15,20,26H,13H2,1-4H3,(H,29,32)/t20-,26+/m0/s1. The molecule has 0 unspecified atom stereocenters. The number of nitrogens with zero attached hydrogens (tertiary/aromatic N) is 1. The molecule has 1 N–H and O–H groups in total. The Morgan fingerprint density at radius 3 is 2.00 bits per heavy atom. The fourth-order valence-electron chi connectivity index (χ4n) is 4.38. The van der Waals surface area contributed by atoms with Gasteiger partial charge in [-0.15, -0.1) is 0 Å². The summed E-state index contributed by atoms with van der Waals surface area (Å²) in [5, 5.41) is 3.22. The molecule has 188 valence electrons. The Morgan fingerprint density at radius 1 is 0.861 bits per heavy atom. The molecule has 3 aromatic rings. The van der Waals surface area contributed by atoms with E-state index in [1.54, 1.807) is 55.5 Å². The van der Waals surface area contributed by atoms with Crippen LogP contribution in [0.3, 0.4) is 0 Å². The van der Waals surface area contributed by atoms with Crippen LogP contribution < -0.4 is 29.2 Å². The fraction of sp³-hybridized carbons (Fsp3) is 0.259. The minimum atomic E-state index is -0.682. The summed E-state index contributed by atoms with van der Waals surface area (Å²) in [5.74, 6) is 0.979. The van der Waals surface area contributed by atoms with Gasteiger partial charge in [0.15, 0.2) is 0 Å². The van der Waals surface area contributed by atoms with Gasteiger partial charge >= 0.3 is 0 Å². The van der Waals surface area contributed by atoms with Crippen LogP contribution in [-0.4, -0.2) is 40.3 Å². The van der Waals surface area contributed by atoms with Crippen molar-refractivity contribution in [2.75, 3.05) is 38.7 Å². The maximum absolute atomic E-state index is 13.6. The SMILES string of the molecule is COc1ccc([C@@H]2[C@@H](C(=O)Nc3cc(Cl)c(OC)cc3OC)CC(=O)N2c2ccc(OC)cc2)cc1. The number of ether oxygens (including phenoxy) is 4. The van der Waals surface area contributed by atoms with Gasteiger partial charge in [0.2, 0.25) is 11.8 Å². The summed E-state index contributed by atoms with van der Waals surface area (Å²) in [6.07, 6.45) is 0.0285. The summed E-state index contributed by atoms with van der Waals surface area (Å²) in [6, 6.07) is 17.2. The van der Waals surface area contributed by atoms with E-state index >= 15 is 0 Å². The number of anilines is 2. The molecule has 2 amide bonds. The van der Waals surface area contributed by atoms with Crippen molar-refractivity contribution in [2.45, 2.75) is 12.5 Å². The van der Waals surface area contributed by atoms with Gasteiger partial charge in [0, 0.05) is 18.2 Å². The number of nitrogens with one attached hydrogen (secondary N) is 1. The quantitative estimate of drug-likeness (QED) is 0.453. The first-order chi connectivity index (χ1) is 17.4. The van der Waals surface area contributed by atoms with Crippen LogP contribution in [0.2, 0.25) is 5.02 Å². The van der Waals surface area contributed by atoms with E-state index in [1.807, 2.05) is 24.3 Å². The highest BCUT2D eigenvalue weighted by atomic mass is 35.5. The van der Waals surface area contributed by atoms with Crippen molar-refractivity contribution < 1.29 is 28.5 Å². The average Bonchev–Trinajstić information content (AvgIpc) is 3.26. The lowest BCUT2D eigenvalue weighted by atomic mass is 9.92. The molecule has 2 atom stereocenters. The Bertz CT molecular complexity index is 1250. The number of carbonyl (C=O) groups is 2. The number of hydrogen-bond donors (Lipinski definition) is 1. The lowest BCUT2D eigenvalue weighted by Crippen LogP contribution is -2.32. The second-order valence-electron chi connectivity index (χ2n) is 8.17. The number of benzene rings is 3. The maximum atomic E-state index is 13.6. The first-order valence-electron chi connectivity index (χ1n) is 11.2. The third-order valence-corrected chi connectivity index (χ3v) is 6.49. The zero-order chi connectivity index (χ0) is 25.8. The molecule has 36 heavy (non-hydrogen) atoms. The maximum Gasteiger partial charge on any atom is 0.230 e. The van der Waals surface area contributed by atoms with E-state index in [0.717, 1.165) is 5.56 Å². The molecule has 0 bridgehead atoms. The molecule has 0 saturated carbocycles. The predicted molar refractivity (Wildman–Crippen MR) is 138 cm³/mol. The lowest BCUT2D eigenvalue weighted by Gasteiger charge is -2.29. The Kier molecular flexibility index (Phi) is 7.55. The molecule has 1 aliphatic rings. The third-order valence-electron chi connectivity index (χ3n) is 6.20. The highest BCUT2D eigenvalue weighted by Gasteiger charge is 2.45. The van der Waals surface area contributed by atoms with Crippen molar-refractivity contribution >= 4 is 34.8 Å². The molecule has 4 rings (SSSR count). The minimum absolute atomic E-state index is 0.0285. The number of halogens is 1. The summed E-state index contributed by atoms with van der Waals surface area (Å²) in [5.41, 5.74) is 1.86. The number of amides is 2. The molecule has 0 aliphatic carbocycles. The number of methoxy groups -OCH3 is 4. The molecule has 0 spiro atoms. The third kappa shape index (κ3) is 4.90. The highest BCUT2D eigenvalue weighted by molar-refractivity contribution is 6.32. The first-order valence-corrected chi connectivity index (χ1v) is 11.6. The van der Waals surface area contributed by atoms with E-state index in [1.165, 1.54) is 14.2 Å². The Hall–Kier alpha value is -3.91. The van der Waals surface area contributed by atoms with E-state index in [4.69, 9.17) is 30.5 Å². The second-order valence-corrected chi connectivity index (χ2v) is 8.57. The van der Waals surface area contributed by atoms with Gasteiger partial charge in [-0.2, -0.15) is 0 Å². The summed E-state index contributed by atoms with van der Waals surface area (Å²) >= 11 is 6.29. The van der Waals surface area contributed by atoms with Crippen molar-refractivity contribution in [3.63, 3.8) is 0 Å². The first kappa shape index (κ1) is 25.2. The van der Waals surface area contributed by atoms with Crippen molar-refractivity contribution in [3.8, 4) is 23.0 Å². The number of hydrogen-bond acceptors (Lipinski definition) is 6. The smallest absolute Gasteiger partial charge is 0.230 e. The predicted octanol–water partition coefficient (Wildman–Crippen LogP) is 5.11. The van der Waals surface area contributed by atoms with Gasteiger partial charge in [-0.05, 0) is 48.0 Å². The fourth-order valence-corrected chi connectivity index (χ4v) is 4.62. The molecule has 3 aromatic carbocycles. The lowest BCUT2D eigenvalue weighted by molar-refractivity contribution is -0.122. The normalized spacial score (nSPS) is 17.0. The summed E-state index contributed by atoms with van der Waals surface area (Å²) in [7, 11) is 6.15. The van der Waals surface area contributed by atoms with Gasteiger partial charge in [-0.3, -0.25) is 9.59 Å². The van der Waals surface area contributed by atoms with Crippen LogP contribution in [0.25, 0.3) is 0 Å². The molecular formula is C27H27ClN2O6. The summed E-state index contributed by atoms with van der Waals surface area (Å²) in [6.45, 7) is 0. The van der Waals surface area contributed by atoms with Gasteiger partial charge in [0.25, 0.3) is 0 Å². The molecule has 1 heterocycles. The largest absolute Gasteiger partial charge is 0.497 e. The number of carbonyl (C=O) groups excluding carboxylic acids is 2. The van der Waals surface area contributed by atoms with Gasteiger partial charge in [-0.1, -0.05) is 23.7 Å². The summed E-state index contributed by atoms with van der Waals surface area (Å²) < 4.78 is 21.2. The molecule has 0 aromatic heterocycles. The number of rotatable bonds is 8. The molecule has 0 radical (unpaired) electrons. The average molecular weight is 511 g/mol. The zero-order valence-electron chi connectivity index (χ0n) is 20.4. The second kappa shape index (κ2) is 10.8. The van der Waals surface area contributed by atoms with Crippen molar-refractivity contribution in [3.05, 3.63) is 71.2 Å². The van der Waals surface area contributed by atoms with Crippen LogP contribution in [0, 0.1) is 5.92 Å². The summed E-state index contributed by atoms with van der Waals surface area (Å²) in [4.78, 5) is 28.6. The zero-order valence-corrected chi connectivity index (χ0v) is 21.2. The van der Waals surface area contributed by atoms with Crippen LogP contribution in [-0.2, 0) is 9.59 Å². The Morgan fingerprint density at radius 2 is 1.44 bits per heavy atom. The molecule has 1 aliphatic heterocycles. The monoisotopic (exact) mass is 510 g/mol. The van der Waals surface area contributed by atoms with Crippen LogP contribution in [0.5, 0.6) is 23.0 Å². The van der Waals surface area contributed by atoms with E-state index in [-0.39, 0.29) is 18.2 Å². The molecule has 1 saturated heterocycles. The molecule has 8 nitrogen and oxygen atoms in total. The van der Waals surface area contributed by atoms with Crippen LogP contribution in [0.4, 0.5) is 11.4 Å². The van der Waals surface area contributed by atoms with Crippen LogP contribution in [0.1, 0.15) is 18.0 Å². The minimum Gasteiger partial charge on any atom is -0.497 e. The van der Waals surface area contributed by atoms with E-state index in [9.17, 15) is 9.59 Å². The van der Waals surface area contributed by atoms with Gasteiger partial charge in [-0.25, -0.2) is 0 Å². The Balaban J connectivity index is 1.71. The van der Waals surface area contributed by atoms with E-state index < -0.39 is 12.0 Å². The molecule has 9 heteroatoms. The van der Waals surface area contributed by atoms with Crippen LogP contribution in [0.15, 0.2) is 60.7 Å². The Labute approximate surface area is 214 Å². The van der Waals surface area contributed by atoms with Gasteiger partial charge < -0.3 is 29.2 Å². The van der Waals surface area contributed by atoms with Crippen LogP contribution >= 0.6 is 11.6 Å². The highest BCUT2D eigenvalue weighted by Crippen LogP contribution is 2.43. The van der Waals surface area contributed by atoms with E-state index in [0.29, 0.717) is 39.4 Å². The van der Waals surface area contributed by atoms with Crippen molar-refractivity contribution in [2.24, 2.45) is 5.92 Å².